The fourth-order valence-electron chi connectivity index (χ4n) is 2.79. The van der Waals surface area contributed by atoms with Crippen LogP contribution in [0.3, 0.4) is 0 Å². The van der Waals surface area contributed by atoms with E-state index >= 15 is 0 Å². The Bertz CT molecular complexity index is 1230. The Morgan fingerprint density at radius 1 is 1.06 bits per heavy atom. The summed E-state index contributed by atoms with van der Waals surface area (Å²) < 4.78 is 11.8. The highest BCUT2D eigenvalue weighted by molar-refractivity contribution is 9.10. The minimum absolute atomic E-state index is 0.206. The summed E-state index contributed by atoms with van der Waals surface area (Å²) in [6.07, 6.45) is 1.42. The highest BCUT2D eigenvalue weighted by Gasteiger charge is 2.14. The molecule has 176 valence electrons. The number of hydrogen-bond acceptors (Lipinski definition) is 5. The van der Waals surface area contributed by atoms with E-state index in [0.717, 1.165) is 10.0 Å². The molecule has 0 aliphatic rings. The van der Waals surface area contributed by atoms with E-state index in [0.29, 0.717) is 27.6 Å². The molecule has 0 saturated carbocycles. The number of benzene rings is 3. The second kappa shape index (κ2) is 11.9. The molecule has 0 spiro atoms. The van der Waals surface area contributed by atoms with E-state index < -0.39 is 0 Å². The van der Waals surface area contributed by atoms with Gasteiger partial charge in [-0.05, 0) is 66.6 Å². The van der Waals surface area contributed by atoms with Crippen molar-refractivity contribution in [3.8, 4) is 11.5 Å². The number of halogens is 3. The Kier molecular flexibility index (Phi) is 8.92. The van der Waals surface area contributed by atoms with Gasteiger partial charge in [0.1, 0.15) is 0 Å². The van der Waals surface area contributed by atoms with Crippen LogP contribution in [-0.4, -0.2) is 31.7 Å². The Morgan fingerprint density at radius 3 is 2.47 bits per heavy atom. The lowest BCUT2D eigenvalue weighted by Gasteiger charge is -2.13. The maximum absolute atomic E-state index is 12.3. The van der Waals surface area contributed by atoms with Gasteiger partial charge >= 0.3 is 0 Å². The van der Waals surface area contributed by atoms with Crippen molar-refractivity contribution in [3.05, 3.63) is 85.8 Å². The molecule has 0 aliphatic heterocycles. The summed E-state index contributed by atoms with van der Waals surface area (Å²) in [4.78, 5) is 24.4. The fraction of sp³-hybridized carbons (Fsp3) is 0.125. The van der Waals surface area contributed by atoms with Crippen LogP contribution >= 0.6 is 39.1 Å². The van der Waals surface area contributed by atoms with Gasteiger partial charge in [0.05, 0.1) is 18.3 Å². The smallest absolute Gasteiger partial charge is 0.271 e. The van der Waals surface area contributed by atoms with Gasteiger partial charge in [-0.15, -0.1) is 0 Å². The molecule has 0 atom stereocenters. The van der Waals surface area contributed by atoms with E-state index in [-0.39, 0.29) is 29.2 Å². The predicted molar refractivity (Wildman–Crippen MR) is 138 cm³/mol. The molecule has 0 saturated heterocycles. The van der Waals surface area contributed by atoms with Crippen molar-refractivity contribution in [1.82, 2.24) is 5.43 Å². The molecule has 0 fully saturated rings. The molecule has 0 aliphatic carbocycles. The number of anilines is 1. The number of ether oxygens (including phenoxy) is 2. The van der Waals surface area contributed by atoms with Gasteiger partial charge in [-0.25, -0.2) is 5.43 Å². The second-order valence-corrected chi connectivity index (χ2v) is 8.77. The van der Waals surface area contributed by atoms with E-state index in [2.05, 4.69) is 31.8 Å². The first-order valence-corrected chi connectivity index (χ1v) is 11.5. The maximum atomic E-state index is 12.3. The number of carbonyl (C=O) groups excluding carboxylic acids is 2. The lowest BCUT2D eigenvalue weighted by Crippen LogP contribution is -2.20. The van der Waals surface area contributed by atoms with Gasteiger partial charge in [-0.2, -0.15) is 5.10 Å². The molecule has 2 N–H and O–H groups in total. The van der Waals surface area contributed by atoms with Gasteiger partial charge in [0, 0.05) is 20.7 Å². The lowest BCUT2D eigenvalue weighted by molar-refractivity contribution is -0.118. The molecule has 10 heteroatoms. The molecule has 7 nitrogen and oxygen atoms in total. The zero-order valence-corrected chi connectivity index (χ0v) is 21.3. The molecular formula is C24H20BrCl2N3O4. The molecule has 0 aromatic heterocycles. The Hall–Kier alpha value is -3.07. The van der Waals surface area contributed by atoms with Crippen LogP contribution in [0.25, 0.3) is 0 Å². The number of amides is 2. The first-order valence-electron chi connectivity index (χ1n) is 9.92. The zero-order chi connectivity index (χ0) is 24.7. The fourth-order valence-corrected chi connectivity index (χ4v) is 3.51. The largest absolute Gasteiger partial charge is 0.493 e. The number of methoxy groups -OCH3 is 1. The topological polar surface area (TPSA) is 89.0 Å². The molecule has 0 heterocycles. The van der Waals surface area contributed by atoms with E-state index in [9.17, 15) is 9.59 Å². The summed E-state index contributed by atoms with van der Waals surface area (Å²) in [5, 5.41) is 7.43. The van der Waals surface area contributed by atoms with Gasteiger partial charge in [0.15, 0.2) is 18.1 Å². The summed E-state index contributed by atoms with van der Waals surface area (Å²) in [7, 11) is 1.45. The number of hydrazone groups is 1. The molecule has 0 bridgehead atoms. The van der Waals surface area contributed by atoms with Crippen LogP contribution in [0, 0.1) is 6.92 Å². The maximum Gasteiger partial charge on any atom is 0.271 e. The standard InChI is InChI=1S/C24H20BrCl2N3O4/c1-14-3-8-18(11-19(14)26)29-22(31)13-34-23-20(27)9-15(10-21(23)33-2)12-28-30-24(32)16-4-6-17(25)7-5-16/h3-12H,13H2,1-2H3,(H,29,31)(H,30,32)/b28-12+. The molecular weight excluding hydrogens is 545 g/mol. The van der Waals surface area contributed by atoms with Gasteiger partial charge in [0.25, 0.3) is 11.8 Å². The molecule has 0 unspecified atom stereocenters. The number of aryl methyl sites for hydroxylation is 1. The van der Waals surface area contributed by atoms with Crippen molar-refractivity contribution in [3.63, 3.8) is 0 Å². The van der Waals surface area contributed by atoms with Crippen molar-refractivity contribution >= 4 is 62.8 Å². The molecule has 2 amide bonds. The summed E-state index contributed by atoms with van der Waals surface area (Å²) >= 11 is 15.7. The van der Waals surface area contributed by atoms with E-state index in [1.165, 1.54) is 13.3 Å². The number of hydrogen-bond donors (Lipinski definition) is 2. The van der Waals surface area contributed by atoms with Gasteiger partial charge in [-0.3, -0.25) is 9.59 Å². The molecule has 3 aromatic rings. The van der Waals surface area contributed by atoms with Crippen LogP contribution in [0.4, 0.5) is 5.69 Å². The van der Waals surface area contributed by atoms with Crippen LogP contribution in [0.1, 0.15) is 21.5 Å². The quantitative estimate of drug-likeness (QED) is 0.265. The summed E-state index contributed by atoms with van der Waals surface area (Å²) in [6, 6.07) is 15.3. The molecule has 34 heavy (non-hydrogen) atoms. The lowest BCUT2D eigenvalue weighted by atomic mass is 10.2. The van der Waals surface area contributed by atoms with E-state index in [4.69, 9.17) is 32.7 Å². The van der Waals surface area contributed by atoms with Gasteiger partial charge < -0.3 is 14.8 Å². The van der Waals surface area contributed by atoms with Gasteiger partial charge in [-0.1, -0.05) is 45.2 Å². The van der Waals surface area contributed by atoms with Crippen LogP contribution in [0.2, 0.25) is 10.0 Å². The normalized spacial score (nSPS) is 10.7. The average molecular weight is 565 g/mol. The first kappa shape index (κ1) is 25.6. The summed E-state index contributed by atoms with van der Waals surface area (Å²) in [5.74, 6) is -0.237. The van der Waals surface area contributed by atoms with Crippen molar-refractivity contribution in [1.29, 1.82) is 0 Å². The second-order valence-electron chi connectivity index (χ2n) is 7.04. The Labute approximate surface area is 215 Å². The van der Waals surface area contributed by atoms with Gasteiger partial charge in [0.2, 0.25) is 0 Å². The van der Waals surface area contributed by atoms with E-state index in [1.54, 1.807) is 54.6 Å². The third kappa shape index (κ3) is 6.96. The van der Waals surface area contributed by atoms with Crippen molar-refractivity contribution < 1.29 is 19.1 Å². The first-order chi connectivity index (χ1) is 16.3. The molecule has 3 rings (SSSR count). The number of nitrogens with zero attached hydrogens (tertiary/aromatic N) is 1. The highest BCUT2D eigenvalue weighted by Crippen LogP contribution is 2.36. The third-order valence-corrected chi connectivity index (χ3v) is 5.76. The third-order valence-electron chi connectivity index (χ3n) is 4.54. The zero-order valence-electron chi connectivity index (χ0n) is 18.2. The average Bonchev–Trinajstić information content (AvgIpc) is 2.80. The monoisotopic (exact) mass is 563 g/mol. The Balaban J connectivity index is 1.62. The summed E-state index contributed by atoms with van der Waals surface area (Å²) in [5.41, 5.74) is 4.93. The predicted octanol–water partition coefficient (Wildman–Crippen LogP) is 5.85. The summed E-state index contributed by atoms with van der Waals surface area (Å²) in [6.45, 7) is 1.58. The van der Waals surface area contributed by atoms with Crippen molar-refractivity contribution in [2.75, 3.05) is 19.0 Å². The van der Waals surface area contributed by atoms with Crippen LogP contribution in [-0.2, 0) is 4.79 Å². The molecule has 0 radical (unpaired) electrons. The SMILES string of the molecule is COc1cc(/C=N/NC(=O)c2ccc(Br)cc2)cc(Cl)c1OCC(=O)Nc1ccc(C)c(Cl)c1. The molecule has 3 aromatic carbocycles. The minimum atomic E-state index is -0.390. The number of carbonyl (C=O) groups is 2. The highest BCUT2D eigenvalue weighted by atomic mass is 79.9. The van der Waals surface area contributed by atoms with E-state index in [1.807, 2.05) is 6.92 Å². The Morgan fingerprint density at radius 2 is 1.79 bits per heavy atom. The number of nitrogens with one attached hydrogen (secondary N) is 2. The van der Waals surface area contributed by atoms with Crippen molar-refractivity contribution in [2.45, 2.75) is 6.92 Å². The van der Waals surface area contributed by atoms with Crippen LogP contribution in [0.15, 0.2) is 64.2 Å². The minimum Gasteiger partial charge on any atom is -0.493 e. The van der Waals surface area contributed by atoms with Crippen molar-refractivity contribution in [2.24, 2.45) is 5.10 Å². The van der Waals surface area contributed by atoms with Crippen LogP contribution in [0.5, 0.6) is 11.5 Å². The number of rotatable bonds is 8. The van der Waals surface area contributed by atoms with Crippen LogP contribution < -0.4 is 20.2 Å².